The molecule has 0 saturated carbocycles. The molecule has 1 aliphatic heterocycles. The van der Waals surface area contributed by atoms with Crippen LogP contribution in [0.25, 0.3) is 0 Å². The summed E-state index contributed by atoms with van der Waals surface area (Å²) in [4.78, 5) is 12.5. The van der Waals surface area contributed by atoms with Crippen LogP contribution in [0.3, 0.4) is 0 Å². The number of ether oxygens (including phenoxy) is 1. The highest BCUT2D eigenvalue weighted by Crippen LogP contribution is 2.24. The maximum atomic E-state index is 13.1. The van der Waals surface area contributed by atoms with Crippen LogP contribution in [0.5, 0.6) is 0 Å². The highest BCUT2D eigenvalue weighted by molar-refractivity contribution is 9.10. The first-order valence-electron chi connectivity index (χ1n) is 7.82. The zero-order valence-corrected chi connectivity index (χ0v) is 16.0. The number of amides is 1. The van der Waals surface area contributed by atoms with Crippen molar-refractivity contribution in [1.82, 2.24) is 4.31 Å². The topological polar surface area (TPSA) is 75.7 Å². The average Bonchev–Trinajstić information content (AvgIpc) is 2.65. The Balaban J connectivity index is 1.83. The normalized spacial score (nSPS) is 15.6. The molecule has 0 bridgehead atoms. The van der Waals surface area contributed by atoms with Crippen molar-refractivity contribution in [2.75, 3.05) is 31.6 Å². The maximum absolute atomic E-state index is 13.1. The van der Waals surface area contributed by atoms with E-state index in [-0.39, 0.29) is 23.5 Å². The van der Waals surface area contributed by atoms with E-state index in [2.05, 4.69) is 21.2 Å². The summed E-state index contributed by atoms with van der Waals surface area (Å²) in [6, 6.07) is 9.69. The molecule has 0 aliphatic carbocycles. The Morgan fingerprint density at radius 3 is 2.58 bits per heavy atom. The molecule has 6 nitrogen and oxygen atoms in total. The Hall–Kier alpha value is -1.81. The van der Waals surface area contributed by atoms with Crippen LogP contribution in [0.2, 0.25) is 0 Å². The van der Waals surface area contributed by atoms with Gasteiger partial charge < -0.3 is 10.1 Å². The molecule has 0 radical (unpaired) electrons. The third-order valence-corrected chi connectivity index (χ3v) is 6.43. The van der Waals surface area contributed by atoms with E-state index in [0.29, 0.717) is 23.4 Å². The molecule has 3 rings (SSSR count). The van der Waals surface area contributed by atoms with E-state index in [1.54, 1.807) is 0 Å². The van der Waals surface area contributed by atoms with Crippen molar-refractivity contribution in [2.45, 2.75) is 4.90 Å². The lowest BCUT2D eigenvalue weighted by Gasteiger charge is -2.26. The molecule has 0 atom stereocenters. The van der Waals surface area contributed by atoms with Gasteiger partial charge in [-0.3, -0.25) is 4.79 Å². The lowest BCUT2D eigenvalue weighted by atomic mass is 10.2. The van der Waals surface area contributed by atoms with Gasteiger partial charge in [0.1, 0.15) is 5.82 Å². The minimum absolute atomic E-state index is 0.0465. The molecular formula is C17H16BrFN2O4S. The van der Waals surface area contributed by atoms with E-state index in [1.807, 2.05) is 0 Å². The van der Waals surface area contributed by atoms with Gasteiger partial charge in [-0.2, -0.15) is 4.31 Å². The quantitative estimate of drug-likeness (QED) is 0.789. The van der Waals surface area contributed by atoms with Crippen LogP contribution >= 0.6 is 15.9 Å². The van der Waals surface area contributed by atoms with Crippen LogP contribution in [0, 0.1) is 5.82 Å². The second-order valence-corrected chi connectivity index (χ2v) is 8.41. The Kier molecular flexibility index (Phi) is 5.71. The highest BCUT2D eigenvalue weighted by Gasteiger charge is 2.26. The largest absolute Gasteiger partial charge is 0.379 e. The average molecular weight is 443 g/mol. The summed E-state index contributed by atoms with van der Waals surface area (Å²) < 4.78 is 45.5. The second-order valence-electron chi connectivity index (χ2n) is 5.62. The third-order valence-electron chi connectivity index (χ3n) is 3.88. The molecule has 138 valence electrons. The van der Waals surface area contributed by atoms with Crippen LogP contribution < -0.4 is 5.32 Å². The number of anilines is 1. The van der Waals surface area contributed by atoms with Gasteiger partial charge in [0.05, 0.1) is 23.8 Å². The van der Waals surface area contributed by atoms with E-state index in [1.165, 1.54) is 46.8 Å². The van der Waals surface area contributed by atoms with Gasteiger partial charge in [-0.05, 0) is 52.3 Å². The van der Waals surface area contributed by atoms with Gasteiger partial charge in [0.2, 0.25) is 10.0 Å². The monoisotopic (exact) mass is 442 g/mol. The van der Waals surface area contributed by atoms with Crippen molar-refractivity contribution < 1.29 is 22.3 Å². The van der Waals surface area contributed by atoms with Crippen molar-refractivity contribution in [3.8, 4) is 0 Å². The van der Waals surface area contributed by atoms with Crippen molar-refractivity contribution in [3.63, 3.8) is 0 Å². The summed E-state index contributed by atoms with van der Waals surface area (Å²) in [6.07, 6.45) is 0. The summed E-state index contributed by atoms with van der Waals surface area (Å²) in [5.41, 5.74) is 0.577. The van der Waals surface area contributed by atoms with Gasteiger partial charge in [-0.15, -0.1) is 0 Å². The van der Waals surface area contributed by atoms with Gasteiger partial charge >= 0.3 is 0 Å². The molecule has 1 fully saturated rings. The molecule has 1 heterocycles. The van der Waals surface area contributed by atoms with Crippen LogP contribution in [-0.2, 0) is 14.8 Å². The number of sulfonamides is 1. The molecular weight excluding hydrogens is 427 g/mol. The molecule has 2 aromatic carbocycles. The number of halogens is 2. The van der Waals surface area contributed by atoms with Gasteiger partial charge in [-0.1, -0.05) is 6.07 Å². The first-order valence-corrected chi connectivity index (χ1v) is 10.1. The molecule has 26 heavy (non-hydrogen) atoms. The zero-order chi connectivity index (χ0) is 18.7. The fourth-order valence-electron chi connectivity index (χ4n) is 2.52. The number of hydrogen-bond acceptors (Lipinski definition) is 4. The molecule has 0 spiro atoms. The molecule has 0 unspecified atom stereocenters. The first kappa shape index (κ1) is 19.0. The molecule has 1 aliphatic rings. The number of morpholine rings is 1. The van der Waals surface area contributed by atoms with Crippen molar-refractivity contribution in [1.29, 1.82) is 0 Å². The van der Waals surface area contributed by atoms with Crippen molar-refractivity contribution in [3.05, 3.63) is 58.3 Å². The van der Waals surface area contributed by atoms with E-state index < -0.39 is 21.7 Å². The van der Waals surface area contributed by atoms with Crippen molar-refractivity contribution >= 4 is 37.5 Å². The highest BCUT2D eigenvalue weighted by atomic mass is 79.9. The number of nitrogens with zero attached hydrogens (tertiary/aromatic N) is 1. The van der Waals surface area contributed by atoms with Crippen LogP contribution in [0.15, 0.2) is 51.8 Å². The lowest BCUT2D eigenvalue weighted by molar-refractivity contribution is 0.0730. The molecule has 0 aromatic heterocycles. The number of hydrogen-bond donors (Lipinski definition) is 1. The zero-order valence-electron chi connectivity index (χ0n) is 13.6. The number of carbonyl (C=O) groups excluding carboxylic acids is 1. The number of carbonyl (C=O) groups is 1. The first-order chi connectivity index (χ1) is 12.4. The predicted octanol–water partition coefficient (Wildman–Crippen LogP) is 2.86. The lowest BCUT2D eigenvalue weighted by Crippen LogP contribution is -2.40. The predicted molar refractivity (Wildman–Crippen MR) is 98.1 cm³/mol. The molecule has 9 heteroatoms. The fraction of sp³-hybridized carbons (Fsp3) is 0.235. The summed E-state index contributed by atoms with van der Waals surface area (Å²) in [7, 11) is -3.69. The minimum atomic E-state index is -3.69. The third kappa shape index (κ3) is 4.12. The summed E-state index contributed by atoms with van der Waals surface area (Å²) in [6.45, 7) is 1.25. The Morgan fingerprint density at radius 1 is 1.15 bits per heavy atom. The van der Waals surface area contributed by atoms with Gasteiger partial charge in [0.15, 0.2) is 0 Å². The second kappa shape index (κ2) is 7.83. The summed E-state index contributed by atoms with van der Waals surface area (Å²) in [5.74, 6) is -0.926. The summed E-state index contributed by atoms with van der Waals surface area (Å²) >= 11 is 3.18. The molecule has 1 amide bonds. The molecule has 2 aromatic rings. The van der Waals surface area contributed by atoms with Gasteiger partial charge in [0.25, 0.3) is 5.91 Å². The van der Waals surface area contributed by atoms with Gasteiger partial charge in [0, 0.05) is 23.1 Å². The number of nitrogens with one attached hydrogen (secondary N) is 1. The maximum Gasteiger partial charge on any atom is 0.255 e. The van der Waals surface area contributed by atoms with Gasteiger partial charge in [-0.25, -0.2) is 12.8 Å². The van der Waals surface area contributed by atoms with Crippen LogP contribution in [-0.4, -0.2) is 44.9 Å². The molecule has 1 saturated heterocycles. The van der Waals surface area contributed by atoms with E-state index in [4.69, 9.17) is 4.74 Å². The number of rotatable bonds is 4. The Labute approximate surface area is 159 Å². The van der Waals surface area contributed by atoms with E-state index in [0.717, 1.165) is 0 Å². The van der Waals surface area contributed by atoms with E-state index in [9.17, 15) is 17.6 Å². The Morgan fingerprint density at radius 2 is 1.88 bits per heavy atom. The SMILES string of the molecule is O=C(Nc1ccc(F)cc1Br)c1cccc(S(=O)(=O)N2CCOCC2)c1. The smallest absolute Gasteiger partial charge is 0.255 e. The fourth-order valence-corrected chi connectivity index (χ4v) is 4.42. The summed E-state index contributed by atoms with van der Waals surface area (Å²) in [5, 5.41) is 2.63. The Bertz CT molecular complexity index is 930. The number of benzene rings is 2. The van der Waals surface area contributed by atoms with Crippen LogP contribution in [0.1, 0.15) is 10.4 Å². The standard InChI is InChI=1S/C17H16BrFN2O4S/c18-15-11-13(19)4-5-16(15)20-17(22)12-2-1-3-14(10-12)26(23,24)21-6-8-25-9-7-21/h1-5,10-11H,6-9H2,(H,20,22). The van der Waals surface area contributed by atoms with E-state index >= 15 is 0 Å². The minimum Gasteiger partial charge on any atom is -0.379 e. The van der Waals surface area contributed by atoms with Crippen LogP contribution in [0.4, 0.5) is 10.1 Å². The van der Waals surface area contributed by atoms with Crippen molar-refractivity contribution in [2.24, 2.45) is 0 Å². The molecule has 1 N–H and O–H groups in total.